The van der Waals surface area contributed by atoms with E-state index >= 15 is 0 Å². The van der Waals surface area contributed by atoms with Crippen LogP contribution in [0, 0.1) is 0 Å². The van der Waals surface area contributed by atoms with Crippen LogP contribution in [-0.4, -0.2) is 61.0 Å². The number of hydrogen-bond donors (Lipinski definition) is 2. The number of nitrogens with one attached hydrogen (secondary N) is 1. The van der Waals surface area contributed by atoms with Gasteiger partial charge in [0.1, 0.15) is 11.9 Å². The van der Waals surface area contributed by atoms with Gasteiger partial charge in [0.05, 0.1) is 24.9 Å². The van der Waals surface area contributed by atoms with Crippen LogP contribution >= 0.6 is 0 Å². The summed E-state index contributed by atoms with van der Waals surface area (Å²) in [5.41, 5.74) is 1.12. The summed E-state index contributed by atoms with van der Waals surface area (Å²) in [5.74, 6) is 0.885. The fraction of sp³-hybridized carbons (Fsp3) is 0.632. The molecule has 0 aromatic heterocycles. The number of nitrogens with zero attached hydrogens (tertiary/aromatic N) is 2. The molecule has 0 saturated heterocycles. The minimum absolute atomic E-state index is 0.0428. The van der Waals surface area contributed by atoms with Crippen LogP contribution in [-0.2, 0) is 0 Å². The number of aliphatic hydroxyl groups is 1. The average molecular weight is 347 g/mol. The lowest BCUT2D eigenvalue weighted by atomic mass is 9.93. The minimum atomic E-state index is -0.207. The Morgan fingerprint density at radius 3 is 2.76 bits per heavy atom. The van der Waals surface area contributed by atoms with E-state index in [2.05, 4.69) is 23.2 Å². The molecule has 0 unspecified atom stereocenters. The van der Waals surface area contributed by atoms with Crippen molar-refractivity contribution in [3.8, 4) is 5.75 Å². The SMILES string of the molecule is CCN1C[C@H](CN(C)C(=O)NC2CCC(O)CC2)Oc2ccccc21. The maximum atomic E-state index is 12.4. The van der Waals surface area contributed by atoms with E-state index in [0.29, 0.717) is 6.54 Å². The van der Waals surface area contributed by atoms with Crippen molar-refractivity contribution in [1.29, 1.82) is 0 Å². The zero-order valence-corrected chi connectivity index (χ0v) is 15.1. The third kappa shape index (κ3) is 4.37. The number of carbonyl (C=O) groups excluding carboxylic acids is 1. The number of hydrogen-bond acceptors (Lipinski definition) is 4. The van der Waals surface area contributed by atoms with E-state index in [4.69, 9.17) is 4.74 Å². The standard InChI is InChI=1S/C19H29N3O3/c1-3-22-13-16(25-18-7-5-4-6-17(18)22)12-21(2)19(24)20-14-8-10-15(23)11-9-14/h4-7,14-16,23H,3,8-13H2,1-2H3,(H,20,24)/t14?,15?,16-/m0/s1. The molecule has 6 heteroatoms. The van der Waals surface area contributed by atoms with Crippen molar-refractivity contribution in [3.63, 3.8) is 0 Å². The molecule has 1 aliphatic carbocycles. The second-order valence-electron chi connectivity index (χ2n) is 7.08. The highest BCUT2D eigenvalue weighted by Gasteiger charge is 2.28. The maximum absolute atomic E-state index is 12.4. The summed E-state index contributed by atoms with van der Waals surface area (Å²) in [5, 5.41) is 12.7. The first kappa shape index (κ1) is 17.9. The highest BCUT2D eigenvalue weighted by molar-refractivity contribution is 5.74. The van der Waals surface area contributed by atoms with Crippen molar-refractivity contribution in [3.05, 3.63) is 24.3 Å². The van der Waals surface area contributed by atoms with E-state index < -0.39 is 0 Å². The van der Waals surface area contributed by atoms with Crippen molar-refractivity contribution < 1.29 is 14.6 Å². The Balaban J connectivity index is 1.54. The molecule has 2 amide bonds. The van der Waals surface area contributed by atoms with Crippen molar-refractivity contribution >= 4 is 11.7 Å². The first-order valence-electron chi connectivity index (χ1n) is 9.27. The van der Waals surface area contributed by atoms with Crippen LogP contribution in [0.3, 0.4) is 0 Å². The molecule has 138 valence electrons. The van der Waals surface area contributed by atoms with Crippen molar-refractivity contribution in [2.45, 2.75) is 50.9 Å². The first-order valence-corrected chi connectivity index (χ1v) is 9.27. The smallest absolute Gasteiger partial charge is 0.317 e. The third-order valence-electron chi connectivity index (χ3n) is 5.15. The molecule has 2 N–H and O–H groups in total. The Morgan fingerprint density at radius 1 is 1.32 bits per heavy atom. The zero-order chi connectivity index (χ0) is 17.8. The summed E-state index contributed by atoms with van der Waals surface area (Å²) < 4.78 is 6.09. The number of para-hydroxylation sites is 2. The number of amides is 2. The number of anilines is 1. The number of urea groups is 1. The molecule has 0 radical (unpaired) electrons. The van der Waals surface area contributed by atoms with Gasteiger partial charge in [0.15, 0.2) is 0 Å². The van der Waals surface area contributed by atoms with E-state index in [9.17, 15) is 9.90 Å². The van der Waals surface area contributed by atoms with Crippen molar-refractivity contribution in [2.75, 3.05) is 31.6 Å². The molecule has 0 bridgehead atoms. The summed E-state index contributed by atoms with van der Waals surface area (Å²) in [6.45, 7) is 4.37. The number of rotatable bonds is 4. The van der Waals surface area contributed by atoms with E-state index in [-0.39, 0.29) is 24.3 Å². The van der Waals surface area contributed by atoms with Gasteiger partial charge in [-0.05, 0) is 44.7 Å². The molecular formula is C19H29N3O3. The van der Waals surface area contributed by atoms with Gasteiger partial charge in [-0.25, -0.2) is 4.79 Å². The molecule has 25 heavy (non-hydrogen) atoms. The summed E-state index contributed by atoms with van der Waals surface area (Å²) in [6.07, 6.45) is 2.97. The van der Waals surface area contributed by atoms with E-state index in [0.717, 1.165) is 50.2 Å². The number of benzene rings is 1. The van der Waals surface area contributed by atoms with Crippen LogP contribution in [0.2, 0.25) is 0 Å². The summed E-state index contributed by atoms with van der Waals surface area (Å²) in [6, 6.07) is 8.15. The maximum Gasteiger partial charge on any atom is 0.317 e. The fourth-order valence-electron chi connectivity index (χ4n) is 3.67. The lowest BCUT2D eigenvalue weighted by Gasteiger charge is -2.37. The Hall–Kier alpha value is -1.95. The summed E-state index contributed by atoms with van der Waals surface area (Å²) in [4.78, 5) is 16.4. The molecule has 6 nitrogen and oxygen atoms in total. The van der Waals surface area contributed by atoms with Gasteiger partial charge in [-0.1, -0.05) is 12.1 Å². The lowest BCUT2D eigenvalue weighted by molar-refractivity contribution is 0.113. The van der Waals surface area contributed by atoms with Crippen molar-refractivity contribution in [1.82, 2.24) is 10.2 Å². The third-order valence-corrected chi connectivity index (χ3v) is 5.15. The zero-order valence-electron chi connectivity index (χ0n) is 15.1. The second-order valence-corrected chi connectivity index (χ2v) is 7.08. The van der Waals surface area contributed by atoms with Crippen LogP contribution in [0.1, 0.15) is 32.6 Å². The highest BCUT2D eigenvalue weighted by atomic mass is 16.5. The average Bonchev–Trinajstić information content (AvgIpc) is 2.62. The second kappa shape index (κ2) is 7.95. The number of aliphatic hydroxyl groups excluding tert-OH is 1. The van der Waals surface area contributed by atoms with Crippen LogP contribution in [0.4, 0.5) is 10.5 Å². The van der Waals surface area contributed by atoms with Gasteiger partial charge in [0, 0.05) is 19.6 Å². The number of ether oxygens (including phenoxy) is 1. The predicted molar refractivity (Wildman–Crippen MR) is 98.2 cm³/mol. The van der Waals surface area contributed by atoms with Gasteiger partial charge in [-0.15, -0.1) is 0 Å². The Morgan fingerprint density at radius 2 is 2.04 bits per heavy atom. The molecule has 1 atom stereocenters. The van der Waals surface area contributed by atoms with Crippen LogP contribution < -0.4 is 15.0 Å². The Bertz CT molecular complexity index is 587. The van der Waals surface area contributed by atoms with Crippen LogP contribution in [0.5, 0.6) is 5.75 Å². The molecule has 1 heterocycles. The summed E-state index contributed by atoms with van der Waals surface area (Å²) >= 11 is 0. The van der Waals surface area contributed by atoms with Crippen LogP contribution in [0.15, 0.2) is 24.3 Å². The van der Waals surface area contributed by atoms with Gasteiger partial charge in [0.2, 0.25) is 0 Å². The minimum Gasteiger partial charge on any atom is -0.485 e. The molecule has 3 rings (SSSR count). The molecule has 1 aromatic carbocycles. The number of fused-ring (bicyclic) bond motifs is 1. The molecule has 1 saturated carbocycles. The monoisotopic (exact) mass is 347 g/mol. The number of carbonyl (C=O) groups is 1. The van der Waals surface area contributed by atoms with Gasteiger partial charge in [0.25, 0.3) is 0 Å². The first-order chi connectivity index (χ1) is 12.1. The topological polar surface area (TPSA) is 65.0 Å². The lowest BCUT2D eigenvalue weighted by Crippen LogP contribution is -2.50. The Kier molecular flexibility index (Phi) is 5.68. The summed E-state index contributed by atoms with van der Waals surface area (Å²) in [7, 11) is 1.81. The largest absolute Gasteiger partial charge is 0.485 e. The molecular weight excluding hydrogens is 318 g/mol. The van der Waals surface area contributed by atoms with E-state index in [1.165, 1.54) is 0 Å². The molecule has 1 aromatic rings. The van der Waals surface area contributed by atoms with Gasteiger partial charge in [-0.2, -0.15) is 0 Å². The van der Waals surface area contributed by atoms with Crippen molar-refractivity contribution in [2.24, 2.45) is 0 Å². The van der Waals surface area contributed by atoms with E-state index in [1.54, 1.807) is 4.90 Å². The van der Waals surface area contributed by atoms with Gasteiger partial charge >= 0.3 is 6.03 Å². The van der Waals surface area contributed by atoms with Gasteiger partial charge in [-0.3, -0.25) is 0 Å². The molecule has 0 spiro atoms. The molecule has 1 aliphatic heterocycles. The van der Waals surface area contributed by atoms with E-state index in [1.807, 2.05) is 25.2 Å². The quantitative estimate of drug-likeness (QED) is 0.877. The number of likely N-dealkylation sites (N-methyl/N-ethyl adjacent to an activating group) is 2. The molecule has 2 aliphatic rings. The normalized spacial score (nSPS) is 25.7. The Labute approximate surface area is 149 Å². The van der Waals surface area contributed by atoms with Gasteiger partial charge < -0.3 is 25.0 Å². The fourth-order valence-corrected chi connectivity index (χ4v) is 3.67. The highest BCUT2D eigenvalue weighted by Crippen LogP contribution is 2.32. The predicted octanol–water partition coefficient (Wildman–Crippen LogP) is 2.22. The molecule has 1 fully saturated rings. The van der Waals surface area contributed by atoms with Crippen LogP contribution in [0.25, 0.3) is 0 Å².